The number of fused-ring (bicyclic) bond motifs is 1. The molecule has 1 N–H and O–H groups in total. The first-order valence-corrected chi connectivity index (χ1v) is 8.86. The lowest BCUT2D eigenvalue weighted by atomic mass is 10.1. The fourth-order valence-corrected chi connectivity index (χ4v) is 3.17. The molecular weight excluding hydrogens is 344 g/mol. The first kappa shape index (κ1) is 18.6. The zero-order chi connectivity index (χ0) is 19.4. The van der Waals surface area contributed by atoms with Crippen LogP contribution in [0.25, 0.3) is 0 Å². The summed E-state index contributed by atoms with van der Waals surface area (Å²) in [4.78, 5) is 38.0. The van der Waals surface area contributed by atoms with Gasteiger partial charge in [-0.2, -0.15) is 0 Å². The summed E-state index contributed by atoms with van der Waals surface area (Å²) in [5, 5.41) is 2.50. The number of para-hydroxylation sites is 1. The van der Waals surface area contributed by atoms with Crippen molar-refractivity contribution in [2.45, 2.75) is 26.3 Å². The molecule has 6 heteroatoms. The fraction of sp³-hybridized carbons (Fsp3) is 0.286. The van der Waals surface area contributed by atoms with Crippen LogP contribution in [0.1, 0.15) is 28.4 Å². The number of carbonyl (C=O) groups excluding carboxylic acids is 3. The molecule has 2 aromatic rings. The highest BCUT2D eigenvalue weighted by atomic mass is 16.5. The van der Waals surface area contributed by atoms with Crippen LogP contribution in [0.3, 0.4) is 0 Å². The summed E-state index contributed by atoms with van der Waals surface area (Å²) >= 11 is 0. The van der Waals surface area contributed by atoms with Gasteiger partial charge in [-0.25, -0.2) is 0 Å². The van der Waals surface area contributed by atoms with E-state index in [0.717, 1.165) is 23.2 Å². The monoisotopic (exact) mass is 366 g/mol. The summed E-state index contributed by atoms with van der Waals surface area (Å²) in [5.74, 6) is -1.28. The summed E-state index contributed by atoms with van der Waals surface area (Å²) in [6.07, 6.45) is 0.780. The number of ether oxygens (including phenoxy) is 1. The molecule has 0 radical (unpaired) electrons. The molecule has 1 heterocycles. The van der Waals surface area contributed by atoms with Gasteiger partial charge in [0.2, 0.25) is 0 Å². The molecule has 0 fully saturated rings. The van der Waals surface area contributed by atoms with E-state index in [4.69, 9.17) is 4.74 Å². The predicted molar refractivity (Wildman–Crippen MR) is 102 cm³/mol. The number of benzene rings is 2. The molecular formula is C21H22N2O4. The number of nitrogens with one attached hydrogen (secondary N) is 1. The minimum Gasteiger partial charge on any atom is -0.454 e. The third-order valence-electron chi connectivity index (χ3n) is 4.54. The van der Waals surface area contributed by atoms with Crippen molar-refractivity contribution in [1.82, 2.24) is 5.32 Å². The lowest BCUT2D eigenvalue weighted by Crippen LogP contribution is -2.39. The molecule has 0 saturated carbocycles. The van der Waals surface area contributed by atoms with Gasteiger partial charge in [-0.05, 0) is 44.0 Å². The maximum atomic E-state index is 12.5. The Morgan fingerprint density at radius 3 is 2.56 bits per heavy atom. The van der Waals surface area contributed by atoms with Crippen LogP contribution >= 0.6 is 0 Å². The van der Waals surface area contributed by atoms with Crippen molar-refractivity contribution in [1.29, 1.82) is 0 Å². The van der Waals surface area contributed by atoms with Crippen LogP contribution in [0, 0.1) is 6.92 Å². The molecule has 1 aliphatic heterocycles. The molecule has 1 atom stereocenters. The minimum atomic E-state index is -0.649. The molecule has 2 amide bonds. The number of carbonyl (C=O) groups is 3. The molecule has 0 saturated heterocycles. The van der Waals surface area contributed by atoms with E-state index in [1.54, 1.807) is 17.0 Å². The van der Waals surface area contributed by atoms with Crippen molar-refractivity contribution in [3.05, 3.63) is 65.2 Å². The molecule has 27 heavy (non-hydrogen) atoms. The third kappa shape index (κ3) is 4.34. The maximum Gasteiger partial charge on any atom is 0.325 e. The van der Waals surface area contributed by atoms with Crippen LogP contribution in [0.5, 0.6) is 0 Å². The van der Waals surface area contributed by atoms with Crippen LogP contribution in [0.4, 0.5) is 5.69 Å². The Kier molecular flexibility index (Phi) is 5.54. The van der Waals surface area contributed by atoms with E-state index >= 15 is 0 Å². The molecule has 0 aliphatic carbocycles. The van der Waals surface area contributed by atoms with Gasteiger partial charge in [-0.15, -0.1) is 0 Å². The third-order valence-corrected chi connectivity index (χ3v) is 4.54. The van der Waals surface area contributed by atoms with E-state index in [-0.39, 0.29) is 31.0 Å². The number of hydrogen-bond donors (Lipinski definition) is 1. The van der Waals surface area contributed by atoms with E-state index in [0.29, 0.717) is 5.56 Å². The SMILES string of the molecule is Cc1ccc(C(=O)NCC(=O)OCC(=O)N2c3ccccc3C[C@@H]2C)cc1. The largest absolute Gasteiger partial charge is 0.454 e. The number of rotatable bonds is 5. The molecule has 140 valence electrons. The second-order valence-corrected chi connectivity index (χ2v) is 6.65. The molecule has 0 spiro atoms. The Labute approximate surface area is 158 Å². The Hall–Kier alpha value is -3.15. The van der Waals surface area contributed by atoms with Crippen molar-refractivity contribution < 1.29 is 19.1 Å². The van der Waals surface area contributed by atoms with Crippen LogP contribution in [-0.4, -0.2) is 37.0 Å². The van der Waals surface area contributed by atoms with Gasteiger partial charge in [0.15, 0.2) is 6.61 Å². The standard InChI is InChI=1S/C21H22N2O4/c1-14-7-9-16(10-8-14)21(26)22-12-20(25)27-13-19(24)23-15(2)11-17-5-3-4-6-18(17)23/h3-10,15H,11-13H2,1-2H3,(H,22,26)/t15-/m0/s1. The molecule has 1 aliphatic rings. The summed E-state index contributed by atoms with van der Waals surface area (Å²) in [5.41, 5.74) is 3.47. The lowest BCUT2D eigenvalue weighted by Gasteiger charge is -2.22. The summed E-state index contributed by atoms with van der Waals surface area (Å²) < 4.78 is 5.04. The Balaban J connectivity index is 1.48. The van der Waals surface area contributed by atoms with Gasteiger partial charge in [0.05, 0.1) is 0 Å². The van der Waals surface area contributed by atoms with Crippen LogP contribution < -0.4 is 10.2 Å². The maximum absolute atomic E-state index is 12.5. The van der Waals surface area contributed by atoms with Crippen molar-refractivity contribution in [2.24, 2.45) is 0 Å². The van der Waals surface area contributed by atoms with Crippen molar-refractivity contribution in [3.63, 3.8) is 0 Å². The lowest BCUT2D eigenvalue weighted by molar-refractivity contribution is -0.146. The Morgan fingerprint density at radius 2 is 1.81 bits per heavy atom. The number of hydrogen-bond acceptors (Lipinski definition) is 4. The van der Waals surface area contributed by atoms with Crippen LogP contribution in [0.2, 0.25) is 0 Å². The topological polar surface area (TPSA) is 75.7 Å². The van der Waals surface area contributed by atoms with Gasteiger partial charge in [-0.1, -0.05) is 35.9 Å². The number of esters is 1. The first-order chi connectivity index (χ1) is 13.0. The Morgan fingerprint density at radius 1 is 1.11 bits per heavy atom. The molecule has 0 bridgehead atoms. The van der Waals surface area contributed by atoms with Crippen LogP contribution in [0.15, 0.2) is 48.5 Å². The zero-order valence-electron chi connectivity index (χ0n) is 15.4. The zero-order valence-corrected chi connectivity index (χ0v) is 15.4. The average Bonchev–Trinajstić information content (AvgIpc) is 3.00. The van der Waals surface area contributed by atoms with Gasteiger partial charge in [0.1, 0.15) is 6.54 Å². The van der Waals surface area contributed by atoms with E-state index in [2.05, 4.69) is 5.32 Å². The van der Waals surface area contributed by atoms with Crippen LogP contribution in [-0.2, 0) is 20.7 Å². The summed E-state index contributed by atoms with van der Waals surface area (Å²) in [6.45, 7) is 3.25. The second-order valence-electron chi connectivity index (χ2n) is 6.65. The molecule has 3 rings (SSSR count). The predicted octanol–water partition coefficient (Wildman–Crippen LogP) is 2.25. The van der Waals surface area contributed by atoms with Crippen molar-refractivity contribution in [2.75, 3.05) is 18.1 Å². The number of aryl methyl sites for hydroxylation is 1. The van der Waals surface area contributed by atoms with E-state index in [1.165, 1.54) is 0 Å². The normalized spacial score (nSPS) is 15.2. The van der Waals surface area contributed by atoms with Gasteiger partial charge in [0, 0.05) is 17.3 Å². The van der Waals surface area contributed by atoms with E-state index in [1.807, 2.05) is 50.2 Å². The quantitative estimate of drug-likeness (QED) is 0.824. The van der Waals surface area contributed by atoms with Gasteiger partial charge < -0.3 is 15.0 Å². The summed E-state index contributed by atoms with van der Waals surface area (Å²) in [7, 11) is 0. The molecule has 6 nitrogen and oxygen atoms in total. The van der Waals surface area contributed by atoms with E-state index < -0.39 is 5.97 Å². The molecule has 2 aromatic carbocycles. The summed E-state index contributed by atoms with van der Waals surface area (Å²) in [6, 6.07) is 14.7. The smallest absolute Gasteiger partial charge is 0.325 e. The number of anilines is 1. The highest BCUT2D eigenvalue weighted by Gasteiger charge is 2.30. The highest BCUT2D eigenvalue weighted by Crippen LogP contribution is 2.31. The Bertz CT molecular complexity index is 861. The first-order valence-electron chi connectivity index (χ1n) is 8.86. The second kappa shape index (κ2) is 8.03. The van der Waals surface area contributed by atoms with Gasteiger partial charge >= 0.3 is 5.97 Å². The van der Waals surface area contributed by atoms with E-state index in [9.17, 15) is 14.4 Å². The van der Waals surface area contributed by atoms with Gasteiger partial charge in [-0.3, -0.25) is 14.4 Å². The molecule has 0 aromatic heterocycles. The number of nitrogens with zero attached hydrogens (tertiary/aromatic N) is 1. The highest BCUT2D eigenvalue weighted by molar-refractivity contribution is 5.98. The van der Waals surface area contributed by atoms with Crippen molar-refractivity contribution >= 4 is 23.5 Å². The number of amides is 2. The average molecular weight is 366 g/mol. The van der Waals surface area contributed by atoms with Gasteiger partial charge in [0.25, 0.3) is 11.8 Å². The molecule has 0 unspecified atom stereocenters. The van der Waals surface area contributed by atoms with Crippen molar-refractivity contribution in [3.8, 4) is 0 Å². The fourth-order valence-electron chi connectivity index (χ4n) is 3.17. The minimum absolute atomic E-state index is 0.0230.